The van der Waals surface area contributed by atoms with Gasteiger partial charge in [-0.3, -0.25) is 0 Å². The summed E-state index contributed by atoms with van der Waals surface area (Å²) in [6, 6.07) is 4.79. The quantitative estimate of drug-likeness (QED) is 0.852. The lowest BCUT2D eigenvalue weighted by molar-refractivity contribution is -0.274. The first-order valence-electron chi connectivity index (χ1n) is 5.77. The predicted octanol–water partition coefficient (Wildman–Crippen LogP) is 4.65. The predicted molar refractivity (Wildman–Crippen MR) is 74.8 cm³/mol. The maximum absolute atomic E-state index is 12.4. The van der Waals surface area contributed by atoms with E-state index in [2.05, 4.69) is 32.9 Å². The minimum atomic E-state index is -4.69. The number of ether oxygens (including phenoxy) is 1. The molecule has 1 heterocycles. The van der Waals surface area contributed by atoms with Crippen LogP contribution >= 0.6 is 27.7 Å². The first-order valence-corrected chi connectivity index (χ1v) is 7.61. The fraction of sp³-hybridized carbons (Fsp3) is 0.500. The van der Waals surface area contributed by atoms with Crippen LogP contribution in [0.3, 0.4) is 0 Å². The first-order chi connectivity index (χ1) is 8.83. The van der Waals surface area contributed by atoms with Crippen LogP contribution in [-0.4, -0.2) is 23.4 Å². The lowest BCUT2D eigenvalue weighted by atomic mass is 10.2. The zero-order valence-corrected chi connectivity index (χ0v) is 12.5. The highest BCUT2D eigenvalue weighted by Gasteiger charge is 2.33. The van der Waals surface area contributed by atoms with Crippen molar-refractivity contribution in [2.45, 2.75) is 31.0 Å². The smallest absolute Gasteiger partial charge is 0.404 e. The third kappa shape index (κ3) is 4.49. The van der Waals surface area contributed by atoms with Gasteiger partial charge in [0.2, 0.25) is 0 Å². The molecule has 1 fully saturated rings. The average molecular weight is 356 g/mol. The Labute approximate surface area is 122 Å². The molecule has 2 rings (SSSR count). The van der Waals surface area contributed by atoms with Gasteiger partial charge in [0.05, 0.1) is 5.69 Å². The van der Waals surface area contributed by atoms with Gasteiger partial charge in [0.25, 0.3) is 0 Å². The van der Waals surface area contributed by atoms with Crippen LogP contribution in [0.1, 0.15) is 13.3 Å². The fourth-order valence-electron chi connectivity index (χ4n) is 1.96. The summed E-state index contributed by atoms with van der Waals surface area (Å²) in [5, 5.41) is 3.65. The molecule has 7 heteroatoms. The van der Waals surface area contributed by atoms with Gasteiger partial charge in [0, 0.05) is 21.5 Å². The molecular formula is C12H13BrF3NOS. The van der Waals surface area contributed by atoms with E-state index in [4.69, 9.17) is 0 Å². The second kappa shape index (κ2) is 5.83. The van der Waals surface area contributed by atoms with Crippen molar-refractivity contribution < 1.29 is 17.9 Å². The third-order valence-corrected chi connectivity index (χ3v) is 4.58. The summed E-state index contributed by atoms with van der Waals surface area (Å²) < 4.78 is 41.7. The van der Waals surface area contributed by atoms with Gasteiger partial charge in [-0.1, -0.05) is 22.9 Å². The number of hydrogen-bond donors (Lipinski definition) is 1. The van der Waals surface area contributed by atoms with Gasteiger partial charge in [-0.2, -0.15) is 11.8 Å². The first kappa shape index (κ1) is 14.8. The maximum atomic E-state index is 12.4. The van der Waals surface area contributed by atoms with E-state index in [-0.39, 0.29) is 11.8 Å². The lowest BCUT2D eigenvalue weighted by Gasteiger charge is -2.18. The number of alkyl halides is 3. The SMILES string of the molecule is CC1CC(Nc2ccc(Br)cc2OC(F)(F)F)CS1. The molecule has 1 aromatic rings. The molecule has 1 aliphatic heterocycles. The molecule has 1 aromatic carbocycles. The Morgan fingerprint density at radius 3 is 2.74 bits per heavy atom. The van der Waals surface area contributed by atoms with E-state index < -0.39 is 6.36 Å². The second-order valence-electron chi connectivity index (χ2n) is 4.41. The van der Waals surface area contributed by atoms with Crippen molar-refractivity contribution in [2.75, 3.05) is 11.1 Å². The number of anilines is 1. The van der Waals surface area contributed by atoms with Gasteiger partial charge < -0.3 is 10.1 Å². The minimum absolute atomic E-state index is 0.178. The Morgan fingerprint density at radius 1 is 1.42 bits per heavy atom. The molecule has 1 N–H and O–H groups in total. The molecule has 19 heavy (non-hydrogen) atoms. The molecule has 0 amide bonds. The van der Waals surface area contributed by atoms with E-state index in [0.717, 1.165) is 12.2 Å². The van der Waals surface area contributed by atoms with E-state index in [0.29, 0.717) is 15.4 Å². The molecule has 0 aromatic heterocycles. The molecule has 0 radical (unpaired) electrons. The zero-order chi connectivity index (χ0) is 14.0. The molecule has 2 nitrogen and oxygen atoms in total. The molecule has 0 aliphatic carbocycles. The second-order valence-corrected chi connectivity index (χ2v) is 6.80. The highest BCUT2D eigenvalue weighted by atomic mass is 79.9. The van der Waals surface area contributed by atoms with E-state index in [1.807, 2.05) is 11.8 Å². The van der Waals surface area contributed by atoms with E-state index >= 15 is 0 Å². The number of benzene rings is 1. The highest BCUT2D eigenvalue weighted by Crippen LogP contribution is 2.35. The minimum Gasteiger partial charge on any atom is -0.404 e. The maximum Gasteiger partial charge on any atom is 0.573 e. The van der Waals surface area contributed by atoms with Crippen molar-refractivity contribution in [3.8, 4) is 5.75 Å². The van der Waals surface area contributed by atoms with E-state index in [1.165, 1.54) is 6.07 Å². The van der Waals surface area contributed by atoms with Crippen molar-refractivity contribution in [1.29, 1.82) is 0 Å². The standard InChI is InChI=1S/C12H13BrF3NOS/c1-7-4-9(6-19-7)17-10-3-2-8(13)5-11(10)18-12(14,15)16/h2-3,5,7,9,17H,4,6H2,1H3. The Kier molecular flexibility index (Phi) is 4.55. The number of thioether (sulfide) groups is 1. The largest absolute Gasteiger partial charge is 0.573 e. The summed E-state index contributed by atoms with van der Waals surface area (Å²) in [5.41, 5.74) is 0.375. The van der Waals surface area contributed by atoms with Crippen LogP contribution in [0, 0.1) is 0 Å². The average Bonchev–Trinajstić information content (AvgIpc) is 2.66. The normalized spacial score (nSPS) is 23.4. The van der Waals surface area contributed by atoms with Crippen molar-refractivity contribution in [3.05, 3.63) is 22.7 Å². The number of hydrogen-bond acceptors (Lipinski definition) is 3. The summed E-state index contributed by atoms with van der Waals surface area (Å²) in [6.45, 7) is 2.11. The number of nitrogens with one attached hydrogen (secondary N) is 1. The molecule has 1 saturated heterocycles. The Balaban J connectivity index is 2.14. The summed E-state index contributed by atoms with van der Waals surface area (Å²) in [7, 11) is 0. The van der Waals surface area contributed by atoms with Crippen molar-refractivity contribution in [1.82, 2.24) is 0 Å². The van der Waals surface area contributed by atoms with Gasteiger partial charge in [-0.05, 0) is 24.6 Å². The summed E-state index contributed by atoms with van der Waals surface area (Å²) in [5.74, 6) is 0.689. The van der Waals surface area contributed by atoms with Crippen LogP contribution in [0.15, 0.2) is 22.7 Å². The number of rotatable bonds is 3. The van der Waals surface area contributed by atoms with Gasteiger partial charge in [0.1, 0.15) is 0 Å². The molecular weight excluding hydrogens is 343 g/mol. The molecule has 2 atom stereocenters. The summed E-state index contributed by atoms with van der Waals surface area (Å²) >= 11 is 4.96. The lowest BCUT2D eigenvalue weighted by Crippen LogP contribution is -2.22. The Morgan fingerprint density at radius 2 is 2.16 bits per heavy atom. The van der Waals surface area contributed by atoms with Crippen LogP contribution in [-0.2, 0) is 0 Å². The van der Waals surface area contributed by atoms with Crippen LogP contribution in [0.25, 0.3) is 0 Å². The fourth-order valence-corrected chi connectivity index (χ4v) is 3.45. The molecule has 106 valence electrons. The Hall–Kier alpha value is -0.560. The summed E-state index contributed by atoms with van der Waals surface area (Å²) in [4.78, 5) is 0. The van der Waals surface area contributed by atoms with Crippen LogP contribution in [0.4, 0.5) is 18.9 Å². The third-order valence-electron chi connectivity index (χ3n) is 2.73. The van der Waals surface area contributed by atoms with E-state index in [9.17, 15) is 13.2 Å². The van der Waals surface area contributed by atoms with Crippen LogP contribution < -0.4 is 10.1 Å². The number of halogens is 4. The monoisotopic (exact) mass is 355 g/mol. The zero-order valence-electron chi connectivity index (χ0n) is 10.1. The molecule has 0 spiro atoms. The summed E-state index contributed by atoms with van der Waals surface area (Å²) in [6.07, 6.45) is -3.75. The molecule has 0 saturated carbocycles. The van der Waals surface area contributed by atoms with E-state index in [1.54, 1.807) is 12.1 Å². The molecule has 0 bridgehead atoms. The Bertz CT molecular complexity index is 455. The van der Waals surface area contributed by atoms with Crippen molar-refractivity contribution in [2.24, 2.45) is 0 Å². The van der Waals surface area contributed by atoms with Crippen molar-refractivity contribution in [3.63, 3.8) is 0 Å². The molecule has 1 aliphatic rings. The van der Waals surface area contributed by atoms with Gasteiger partial charge in [-0.15, -0.1) is 13.2 Å². The van der Waals surface area contributed by atoms with Gasteiger partial charge in [0.15, 0.2) is 5.75 Å². The molecule has 2 unspecified atom stereocenters. The van der Waals surface area contributed by atoms with Crippen LogP contribution in [0.2, 0.25) is 0 Å². The van der Waals surface area contributed by atoms with Gasteiger partial charge in [-0.25, -0.2) is 0 Å². The highest BCUT2D eigenvalue weighted by molar-refractivity contribution is 9.10. The topological polar surface area (TPSA) is 21.3 Å². The van der Waals surface area contributed by atoms with Crippen molar-refractivity contribution >= 4 is 33.4 Å². The van der Waals surface area contributed by atoms with Crippen LogP contribution in [0.5, 0.6) is 5.75 Å². The van der Waals surface area contributed by atoms with Gasteiger partial charge >= 0.3 is 6.36 Å².